The molecule has 126 valence electrons. The molecule has 1 heterocycles. The number of nitrogens with two attached hydrogens (primary N) is 1. The molecule has 1 amide bonds. The molecular formula is C18H26N2O3. The van der Waals surface area contributed by atoms with Crippen molar-refractivity contribution in [2.24, 2.45) is 5.73 Å². The number of Topliss-reactive ketones (excluding diaryl/α,β-unsaturated/α-hetero) is 1. The second-order valence-electron chi connectivity index (χ2n) is 5.88. The molecule has 1 aliphatic heterocycles. The first-order valence-electron chi connectivity index (χ1n) is 8.38. The van der Waals surface area contributed by atoms with E-state index in [0.717, 1.165) is 19.3 Å². The number of benzene rings is 1. The van der Waals surface area contributed by atoms with Gasteiger partial charge in [-0.1, -0.05) is 30.3 Å². The number of nitrogens with zero attached hydrogens (tertiary/aromatic N) is 1. The quantitative estimate of drug-likeness (QED) is 0.588. The van der Waals surface area contributed by atoms with E-state index in [0.29, 0.717) is 31.8 Å². The first-order chi connectivity index (χ1) is 11.2. The summed E-state index contributed by atoms with van der Waals surface area (Å²) in [6.07, 6.45) is 3.39. The van der Waals surface area contributed by atoms with Gasteiger partial charge in [-0.3, -0.25) is 9.59 Å². The zero-order valence-corrected chi connectivity index (χ0v) is 13.6. The summed E-state index contributed by atoms with van der Waals surface area (Å²) in [5.74, 6) is 0.0913. The second kappa shape index (κ2) is 9.43. The van der Waals surface area contributed by atoms with E-state index in [4.69, 9.17) is 10.5 Å². The zero-order valence-electron chi connectivity index (χ0n) is 13.6. The highest BCUT2D eigenvalue weighted by Gasteiger charge is 2.23. The molecule has 0 spiro atoms. The number of likely N-dealkylation sites (tertiary alicyclic amines) is 1. The Bertz CT molecular complexity index is 496. The van der Waals surface area contributed by atoms with Gasteiger partial charge in [-0.15, -0.1) is 0 Å². The monoisotopic (exact) mass is 318 g/mol. The van der Waals surface area contributed by atoms with Crippen LogP contribution in [-0.4, -0.2) is 48.9 Å². The Morgan fingerprint density at radius 1 is 1.13 bits per heavy atom. The van der Waals surface area contributed by atoms with Crippen LogP contribution in [0.1, 0.15) is 42.5 Å². The van der Waals surface area contributed by atoms with Crippen molar-refractivity contribution in [3.05, 3.63) is 35.9 Å². The summed E-state index contributed by atoms with van der Waals surface area (Å²) in [6.45, 7) is 2.77. The lowest BCUT2D eigenvalue weighted by molar-refractivity contribution is -0.133. The Kier molecular flexibility index (Phi) is 7.23. The standard InChI is InChI=1S/C18H26N2O3/c19-11-4-14-23-16-9-12-20(13-10-16)18(22)8-7-17(21)15-5-2-1-3-6-15/h1-3,5-6,16H,4,7-14,19H2. The number of carbonyl (C=O) groups excluding carboxylic acids is 2. The molecule has 0 unspecified atom stereocenters. The van der Waals surface area contributed by atoms with E-state index in [1.165, 1.54) is 0 Å². The molecule has 2 N–H and O–H groups in total. The van der Waals surface area contributed by atoms with Gasteiger partial charge in [0.1, 0.15) is 0 Å². The van der Waals surface area contributed by atoms with Crippen molar-refractivity contribution in [1.82, 2.24) is 4.90 Å². The summed E-state index contributed by atoms with van der Waals surface area (Å²) in [6, 6.07) is 9.13. The minimum Gasteiger partial charge on any atom is -0.378 e. The van der Waals surface area contributed by atoms with Crippen LogP contribution in [0.3, 0.4) is 0 Å². The molecule has 0 aromatic heterocycles. The molecule has 0 saturated carbocycles. The first kappa shape index (κ1) is 17.6. The maximum absolute atomic E-state index is 12.2. The van der Waals surface area contributed by atoms with E-state index in [1.807, 2.05) is 23.1 Å². The third-order valence-corrected chi connectivity index (χ3v) is 4.16. The van der Waals surface area contributed by atoms with Crippen molar-refractivity contribution in [1.29, 1.82) is 0 Å². The van der Waals surface area contributed by atoms with E-state index in [1.54, 1.807) is 12.1 Å². The number of carbonyl (C=O) groups is 2. The third kappa shape index (κ3) is 5.77. The van der Waals surface area contributed by atoms with E-state index in [9.17, 15) is 9.59 Å². The molecule has 5 heteroatoms. The Balaban J connectivity index is 1.68. The largest absolute Gasteiger partial charge is 0.378 e. The zero-order chi connectivity index (χ0) is 16.5. The van der Waals surface area contributed by atoms with Crippen molar-refractivity contribution < 1.29 is 14.3 Å². The average molecular weight is 318 g/mol. The van der Waals surface area contributed by atoms with Crippen LogP contribution < -0.4 is 5.73 Å². The molecule has 1 aromatic carbocycles. The molecule has 0 aliphatic carbocycles. The van der Waals surface area contributed by atoms with E-state index >= 15 is 0 Å². The minimum atomic E-state index is 0.0268. The summed E-state index contributed by atoms with van der Waals surface area (Å²) < 4.78 is 5.74. The summed E-state index contributed by atoms with van der Waals surface area (Å²) in [4.78, 5) is 26.1. The van der Waals surface area contributed by atoms with E-state index in [-0.39, 0.29) is 30.6 Å². The van der Waals surface area contributed by atoms with Gasteiger partial charge in [0.2, 0.25) is 5.91 Å². The summed E-state index contributed by atoms with van der Waals surface area (Å²) in [5, 5.41) is 0. The number of hydrogen-bond donors (Lipinski definition) is 1. The van der Waals surface area contributed by atoms with Crippen LogP contribution in [0.2, 0.25) is 0 Å². The van der Waals surface area contributed by atoms with Crippen molar-refractivity contribution >= 4 is 11.7 Å². The predicted octanol–water partition coefficient (Wildman–Crippen LogP) is 2.01. The topological polar surface area (TPSA) is 72.6 Å². The van der Waals surface area contributed by atoms with Gasteiger partial charge < -0.3 is 15.4 Å². The van der Waals surface area contributed by atoms with Gasteiger partial charge in [0.25, 0.3) is 0 Å². The Labute approximate surface area is 137 Å². The highest BCUT2D eigenvalue weighted by molar-refractivity contribution is 5.97. The van der Waals surface area contributed by atoms with Gasteiger partial charge in [-0.05, 0) is 25.8 Å². The van der Waals surface area contributed by atoms with Gasteiger partial charge in [0.15, 0.2) is 5.78 Å². The molecule has 2 rings (SSSR count). The molecule has 0 atom stereocenters. The number of piperidine rings is 1. The fourth-order valence-electron chi connectivity index (χ4n) is 2.75. The fourth-order valence-corrected chi connectivity index (χ4v) is 2.75. The Morgan fingerprint density at radius 3 is 2.48 bits per heavy atom. The molecule has 1 fully saturated rings. The summed E-state index contributed by atoms with van der Waals surface area (Å²) in [7, 11) is 0. The first-order valence-corrected chi connectivity index (χ1v) is 8.38. The predicted molar refractivity (Wildman–Crippen MR) is 89.2 cm³/mol. The lowest BCUT2D eigenvalue weighted by Crippen LogP contribution is -2.41. The molecule has 23 heavy (non-hydrogen) atoms. The number of rotatable bonds is 8. The van der Waals surface area contributed by atoms with Crippen molar-refractivity contribution in [2.45, 2.75) is 38.2 Å². The highest BCUT2D eigenvalue weighted by atomic mass is 16.5. The number of hydrogen-bond acceptors (Lipinski definition) is 4. The van der Waals surface area contributed by atoms with Crippen LogP contribution in [0, 0.1) is 0 Å². The number of ketones is 1. The normalized spacial score (nSPS) is 15.6. The van der Waals surface area contributed by atoms with Gasteiger partial charge in [-0.2, -0.15) is 0 Å². The number of ether oxygens (including phenoxy) is 1. The van der Waals surface area contributed by atoms with E-state index < -0.39 is 0 Å². The van der Waals surface area contributed by atoms with Gasteiger partial charge in [0, 0.05) is 38.1 Å². The number of amides is 1. The lowest BCUT2D eigenvalue weighted by Gasteiger charge is -2.32. The Hall–Kier alpha value is -1.72. The molecule has 1 aliphatic rings. The summed E-state index contributed by atoms with van der Waals surface area (Å²) >= 11 is 0. The van der Waals surface area contributed by atoms with Crippen LogP contribution >= 0.6 is 0 Å². The molecule has 1 saturated heterocycles. The van der Waals surface area contributed by atoms with Crippen molar-refractivity contribution in [3.63, 3.8) is 0 Å². The van der Waals surface area contributed by atoms with Crippen LogP contribution in [0.15, 0.2) is 30.3 Å². The molecule has 1 aromatic rings. The third-order valence-electron chi connectivity index (χ3n) is 4.16. The van der Waals surface area contributed by atoms with Gasteiger partial charge in [0.05, 0.1) is 6.10 Å². The SMILES string of the molecule is NCCCOC1CCN(C(=O)CCC(=O)c2ccccc2)CC1. The fraction of sp³-hybridized carbons (Fsp3) is 0.556. The lowest BCUT2D eigenvalue weighted by atomic mass is 10.0. The summed E-state index contributed by atoms with van der Waals surface area (Å²) in [5.41, 5.74) is 6.12. The molecule has 0 bridgehead atoms. The maximum atomic E-state index is 12.2. The smallest absolute Gasteiger partial charge is 0.223 e. The van der Waals surface area contributed by atoms with Crippen LogP contribution in [0.25, 0.3) is 0 Å². The van der Waals surface area contributed by atoms with Crippen LogP contribution in [-0.2, 0) is 9.53 Å². The van der Waals surface area contributed by atoms with Crippen molar-refractivity contribution in [2.75, 3.05) is 26.2 Å². The molecule has 0 radical (unpaired) electrons. The van der Waals surface area contributed by atoms with Gasteiger partial charge >= 0.3 is 0 Å². The highest BCUT2D eigenvalue weighted by Crippen LogP contribution is 2.16. The van der Waals surface area contributed by atoms with Crippen LogP contribution in [0.5, 0.6) is 0 Å². The maximum Gasteiger partial charge on any atom is 0.223 e. The minimum absolute atomic E-state index is 0.0268. The molecular weight excluding hydrogens is 292 g/mol. The van der Waals surface area contributed by atoms with Crippen LogP contribution in [0.4, 0.5) is 0 Å². The Morgan fingerprint density at radius 2 is 1.83 bits per heavy atom. The van der Waals surface area contributed by atoms with E-state index in [2.05, 4.69) is 0 Å². The van der Waals surface area contributed by atoms with Gasteiger partial charge in [-0.25, -0.2) is 0 Å². The average Bonchev–Trinajstić information content (AvgIpc) is 2.61. The molecule has 5 nitrogen and oxygen atoms in total. The second-order valence-corrected chi connectivity index (χ2v) is 5.88. The van der Waals surface area contributed by atoms with Crippen molar-refractivity contribution in [3.8, 4) is 0 Å².